The standard InChI is InChI=1S/C18H12FN3OS/c1-11-3-2-4-13(9-11)16-20-18-22(21-16)17(23)15(24-18)10-12-5-7-14(19)8-6-12/h2-10H,1H3/b15-10-. The van der Waals surface area contributed by atoms with Gasteiger partial charge in [0.1, 0.15) is 5.82 Å². The van der Waals surface area contributed by atoms with Crippen molar-refractivity contribution in [2.24, 2.45) is 0 Å². The zero-order chi connectivity index (χ0) is 16.7. The first-order valence-corrected chi connectivity index (χ1v) is 8.16. The molecule has 0 spiro atoms. The minimum Gasteiger partial charge on any atom is -0.266 e. The van der Waals surface area contributed by atoms with E-state index in [0.29, 0.717) is 15.3 Å². The Morgan fingerprint density at radius 1 is 1.17 bits per heavy atom. The third kappa shape index (κ3) is 2.61. The second-order valence-electron chi connectivity index (χ2n) is 5.47. The van der Waals surface area contributed by atoms with Crippen LogP contribution >= 0.6 is 11.3 Å². The Bertz CT molecular complexity index is 1150. The summed E-state index contributed by atoms with van der Waals surface area (Å²) in [6, 6.07) is 13.8. The molecule has 0 aliphatic carbocycles. The third-order valence-corrected chi connectivity index (χ3v) is 4.59. The highest BCUT2D eigenvalue weighted by molar-refractivity contribution is 7.15. The number of thiazole rings is 1. The van der Waals surface area contributed by atoms with Gasteiger partial charge in [0.15, 0.2) is 5.82 Å². The molecule has 6 heteroatoms. The molecule has 0 amide bonds. The molecular formula is C18H12FN3OS. The van der Waals surface area contributed by atoms with Crippen molar-refractivity contribution in [3.05, 3.63) is 80.4 Å². The minimum absolute atomic E-state index is 0.217. The predicted octanol–water partition coefficient (Wildman–Crippen LogP) is 2.81. The minimum atomic E-state index is -0.306. The lowest BCUT2D eigenvalue weighted by Crippen LogP contribution is -2.23. The summed E-state index contributed by atoms with van der Waals surface area (Å²) in [6.45, 7) is 2.00. The highest BCUT2D eigenvalue weighted by atomic mass is 32.1. The Morgan fingerprint density at radius 3 is 2.67 bits per heavy atom. The lowest BCUT2D eigenvalue weighted by atomic mass is 10.1. The average Bonchev–Trinajstić information content (AvgIpc) is 3.10. The van der Waals surface area contributed by atoms with Crippen molar-refractivity contribution in [3.8, 4) is 11.4 Å². The lowest BCUT2D eigenvalue weighted by Gasteiger charge is -1.95. The molecule has 24 heavy (non-hydrogen) atoms. The Morgan fingerprint density at radius 2 is 1.96 bits per heavy atom. The van der Waals surface area contributed by atoms with Crippen LogP contribution in [0.5, 0.6) is 0 Å². The molecule has 4 aromatic rings. The van der Waals surface area contributed by atoms with Crippen LogP contribution in [-0.2, 0) is 0 Å². The number of aromatic nitrogens is 3. The fourth-order valence-electron chi connectivity index (χ4n) is 2.45. The van der Waals surface area contributed by atoms with Crippen molar-refractivity contribution in [2.75, 3.05) is 0 Å². The summed E-state index contributed by atoms with van der Waals surface area (Å²) in [6.07, 6.45) is 1.72. The normalized spacial score (nSPS) is 12.2. The van der Waals surface area contributed by atoms with E-state index in [1.165, 1.54) is 28.0 Å². The summed E-state index contributed by atoms with van der Waals surface area (Å²) in [5.41, 5.74) is 2.54. The highest BCUT2D eigenvalue weighted by Gasteiger charge is 2.11. The molecule has 2 aromatic heterocycles. The van der Waals surface area contributed by atoms with Gasteiger partial charge in [0.05, 0.1) is 4.53 Å². The van der Waals surface area contributed by atoms with Gasteiger partial charge in [0, 0.05) is 5.56 Å². The van der Waals surface area contributed by atoms with Gasteiger partial charge in [0.25, 0.3) is 5.56 Å². The number of hydrogen-bond acceptors (Lipinski definition) is 4. The number of aryl methyl sites for hydroxylation is 1. The second kappa shape index (κ2) is 5.65. The first-order chi connectivity index (χ1) is 11.6. The van der Waals surface area contributed by atoms with Gasteiger partial charge in [-0.3, -0.25) is 4.79 Å². The SMILES string of the molecule is Cc1cccc(-c2nc3s/c(=C\c4ccc(F)cc4)c(=O)n3n2)c1. The fraction of sp³-hybridized carbons (Fsp3) is 0.0556. The van der Waals surface area contributed by atoms with Crippen molar-refractivity contribution in [1.29, 1.82) is 0 Å². The first-order valence-electron chi connectivity index (χ1n) is 7.34. The summed E-state index contributed by atoms with van der Waals surface area (Å²) in [5, 5.41) is 4.32. The van der Waals surface area contributed by atoms with Crippen LogP contribution in [0.2, 0.25) is 0 Å². The van der Waals surface area contributed by atoms with Crippen LogP contribution in [0, 0.1) is 12.7 Å². The molecule has 0 saturated carbocycles. The maximum absolute atomic E-state index is 13.0. The number of benzene rings is 2. The lowest BCUT2D eigenvalue weighted by molar-refractivity contribution is 0.628. The van der Waals surface area contributed by atoms with E-state index in [4.69, 9.17) is 0 Å². The second-order valence-corrected chi connectivity index (χ2v) is 6.48. The highest BCUT2D eigenvalue weighted by Crippen LogP contribution is 2.17. The largest absolute Gasteiger partial charge is 0.291 e. The van der Waals surface area contributed by atoms with E-state index in [1.54, 1.807) is 18.2 Å². The van der Waals surface area contributed by atoms with Crippen LogP contribution in [0.3, 0.4) is 0 Å². The molecule has 0 radical (unpaired) electrons. The van der Waals surface area contributed by atoms with Crippen molar-refractivity contribution in [3.63, 3.8) is 0 Å². The maximum Gasteiger partial charge on any atom is 0.291 e. The predicted molar refractivity (Wildman–Crippen MR) is 92.5 cm³/mol. The van der Waals surface area contributed by atoms with Crippen LogP contribution < -0.4 is 10.1 Å². The molecule has 2 aromatic carbocycles. The van der Waals surface area contributed by atoms with Crippen LogP contribution in [0.15, 0.2) is 53.3 Å². The van der Waals surface area contributed by atoms with Gasteiger partial charge in [-0.1, -0.05) is 47.2 Å². The van der Waals surface area contributed by atoms with Gasteiger partial charge >= 0.3 is 0 Å². The van der Waals surface area contributed by atoms with E-state index in [9.17, 15) is 9.18 Å². The molecule has 0 bridgehead atoms. The molecule has 0 fully saturated rings. The summed E-state index contributed by atoms with van der Waals surface area (Å²) in [5.74, 6) is 0.232. The van der Waals surface area contributed by atoms with Crippen LogP contribution in [0.4, 0.5) is 4.39 Å². The van der Waals surface area contributed by atoms with E-state index in [-0.39, 0.29) is 11.4 Å². The van der Waals surface area contributed by atoms with Gasteiger partial charge in [0.2, 0.25) is 4.96 Å². The molecule has 0 N–H and O–H groups in total. The fourth-order valence-corrected chi connectivity index (χ4v) is 3.36. The molecular weight excluding hydrogens is 325 g/mol. The molecule has 4 nitrogen and oxygen atoms in total. The molecule has 4 rings (SSSR count). The van der Waals surface area contributed by atoms with Crippen molar-refractivity contribution >= 4 is 22.4 Å². The Kier molecular flexibility index (Phi) is 3.46. The van der Waals surface area contributed by atoms with Crippen LogP contribution in [-0.4, -0.2) is 14.6 Å². The zero-order valence-electron chi connectivity index (χ0n) is 12.7. The molecule has 2 heterocycles. The Balaban J connectivity index is 1.81. The molecule has 0 atom stereocenters. The van der Waals surface area contributed by atoms with Gasteiger partial charge in [-0.25, -0.2) is 4.39 Å². The molecule has 0 aliphatic heterocycles. The summed E-state index contributed by atoms with van der Waals surface area (Å²) in [4.78, 5) is 17.5. The molecule has 0 saturated heterocycles. The monoisotopic (exact) mass is 337 g/mol. The smallest absolute Gasteiger partial charge is 0.266 e. The van der Waals surface area contributed by atoms with Crippen molar-refractivity contribution in [2.45, 2.75) is 6.92 Å². The zero-order valence-corrected chi connectivity index (χ0v) is 13.5. The number of nitrogens with zero attached hydrogens (tertiary/aromatic N) is 3. The molecule has 118 valence electrons. The van der Waals surface area contributed by atoms with E-state index in [0.717, 1.165) is 16.7 Å². The van der Waals surface area contributed by atoms with Gasteiger partial charge in [-0.15, -0.1) is 5.10 Å². The van der Waals surface area contributed by atoms with E-state index < -0.39 is 0 Å². The van der Waals surface area contributed by atoms with Crippen molar-refractivity contribution in [1.82, 2.24) is 14.6 Å². The summed E-state index contributed by atoms with van der Waals surface area (Å²) in [7, 11) is 0. The van der Waals surface area contributed by atoms with E-state index in [1.807, 2.05) is 31.2 Å². The van der Waals surface area contributed by atoms with Crippen molar-refractivity contribution < 1.29 is 4.39 Å². The maximum atomic E-state index is 13.0. The van der Waals surface area contributed by atoms with E-state index >= 15 is 0 Å². The molecule has 0 unspecified atom stereocenters. The first kappa shape index (κ1) is 14.7. The third-order valence-electron chi connectivity index (χ3n) is 3.63. The van der Waals surface area contributed by atoms with Gasteiger partial charge < -0.3 is 0 Å². The summed E-state index contributed by atoms with van der Waals surface area (Å²) < 4.78 is 14.8. The number of fused-ring (bicyclic) bond motifs is 1. The van der Waals surface area contributed by atoms with Crippen LogP contribution in [0.25, 0.3) is 22.4 Å². The number of hydrogen-bond donors (Lipinski definition) is 0. The number of rotatable bonds is 2. The molecule has 0 aliphatic rings. The number of halogens is 1. The van der Waals surface area contributed by atoms with Crippen LogP contribution in [0.1, 0.15) is 11.1 Å². The topological polar surface area (TPSA) is 47.3 Å². The summed E-state index contributed by atoms with van der Waals surface area (Å²) >= 11 is 1.27. The Labute approximate surface area is 140 Å². The average molecular weight is 337 g/mol. The quantitative estimate of drug-likeness (QED) is 0.565. The van der Waals surface area contributed by atoms with E-state index in [2.05, 4.69) is 10.1 Å². The Hall–Kier alpha value is -2.86. The van der Waals surface area contributed by atoms with Gasteiger partial charge in [-0.05, 0) is 36.8 Å². The van der Waals surface area contributed by atoms with Gasteiger partial charge in [-0.2, -0.15) is 9.50 Å².